The molecule has 0 aliphatic heterocycles. The minimum atomic E-state index is -0.489. The number of hydrogen-bond donors (Lipinski definition) is 2. The maximum absolute atomic E-state index is 11.2. The Morgan fingerprint density at radius 3 is 2.31 bits per heavy atom. The summed E-state index contributed by atoms with van der Waals surface area (Å²) in [5.74, 6) is 2.97. The maximum Gasteiger partial charge on any atom is 0.128 e. The minimum absolute atomic E-state index is 0.169. The van der Waals surface area contributed by atoms with Gasteiger partial charge >= 0.3 is 0 Å². The topological polar surface area (TPSA) is 52.8 Å². The number of aliphatic hydroxyl groups excluding tert-OH is 1. The zero-order valence-electron chi connectivity index (χ0n) is 16.8. The molecule has 0 radical (unpaired) electrons. The van der Waals surface area contributed by atoms with Crippen LogP contribution in [0, 0.1) is 17.8 Å². The SMILES string of the molecule is Oc1c(C=N[C@H]2c3ccccc3C[C@H]2O)cccc1C12CC3CC(CC(C3)C1)C2. The molecule has 0 amide bonds. The molecule has 3 nitrogen and oxygen atoms in total. The van der Waals surface area contributed by atoms with Gasteiger partial charge in [-0.3, -0.25) is 4.99 Å². The summed E-state index contributed by atoms with van der Waals surface area (Å²) in [5, 5.41) is 21.7. The molecule has 29 heavy (non-hydrogen) atoms. The zero-order valence-corrected chi connectivity index (χ0v) is 16.8. The van der Waals surface area contributed by atoms with Crippen molar-refractivity contribution in [3.63, 3.8) is 0 Å². The van der Waals surface area contributed by atoms with Crippen LogP contribution in [0.5, 0.6) is 5.75 Å². The Hall–Kier alpha value is -2.13. The second-order valence-corrected chi connectivity index (χ2v) is 10.1. The first kappa shape index (κ1) is 17.7. The fraction of sp³-hybridized carbons (Fsp3) is 0.500. The van der Waals surface area contributed by atoms with Crippen LogP contribution in [0.15, 0.2) is 47.5 Å². The van der Waals surface area contributed by atoms with Crippen molar-refractivity contribution in [2.75, 3.05) is 0 Å². The van der Waals surface area contributed by atoms with E-state index in [1.807, 2.05) is 18.2 Å². The van der Waals surface area contributed by atoms with E-state index in [2.05, 4.69) is 24.3 Å². The smallest absolute Gasteiger partial charge is 0.128 e. The lowest BCUT2D eigenvalue weighted by Gasteiger charge is -2.57. The van der Waals surface area contributed by atoms with Crippen LogP contribution in [0.2, 0.25) is 0 Å². The molecule has 4 saturated carbocycles. The number of para-hydroxylation sites is 1. The molecule has 150 valence electrons. The molecule has 0 heterocycles. The van der Waals surface area contributed by atoms with E-state index < -0.39 is 6.10 Å². The summed E-state index contributed by atoms with van der Waals surface area (Å²) < 4.78 is 0. The zero-order chi connectivity index (χ0) is 19.6. The normalized spacial score (nSPS) is 37.3. The second kappa shape index (κ2) is 6.43. The third-order valence-corrected chi connectivity index (χ3v) is 8.22. The van der Waals surface area contributed by atoms with Gasteiger partial charge in [0.25, 0.3) is 0 Å². The number of phenols is 1. The first-order valence-corrected chi connectivity index (χ1v) is 11.2. The molecule has 2 aromatic carbocycles. The van der Waals surface area contributed by atoms with Crippen molar-refractivity contribution < 1.29 is 10.2 Å². The van der Waals surface area contributed by atoms with Crippen molar-refractivity contribution in [1.82, 2.24) is 0 Å². The number of aliphatic imine (C=N–C) groups is 1. The first-order chi connectivity index (χ1) is 14.1. The lowest BCUT2D eigenvalue weighted by molar-refractivity contribution is -0.00614. The molecular formula is C26H29NO2. The average Bonchev–Trinajstić information content (AvgIpc) is 3.01. The van der Waals surface area contributed by atoms with Crippen LogP contribution in [0.1, 0.15) is 66.8 Å². The maximum atomic E-state index is 11.2. The molecule has 2 N–H and O–H groups in total. The molecule has 2 aromatic rings. The number of phenolic OH excluding ortho intramolecular Hbond substituents is 1. The van der Waals surface area contributed by atoms with E-state index in [1.165, 1.54) is 44.1 Å². The highest BCUT2D eigenvalue weighted by atomic mass is 16.3. The third-order valence-electron chi connectivity index (χ3n) is 8.22. The molecule has 0 saturated heterocycles. The summed E-state index contributed by atoms with van der Waals surface area (Å²) in [6.07, 6.45) is 9.87. The highest BCUT2D eigenvalue weighted by Gasteiger charge is 2.52. The van der Waals surface area contributed by atoms with Gasteiger partial charge in [-0.15, -0.1) is 0 Å². The molecular weight excluding hydrogens is 358 g/mol. The van der Waals surface area contributed by atoms with Crippen LogP contribution < -0.4 is 0 Å². The molecule has 0 unspecified atom stereocenters. The number of aromatic hydroxyl groups is 1. The average molecular weight is 388 g/mol. The lowest BCUT2D eigenvalue weighted by Crippen LogP contribution is -2.48. The standard InChI is InChI=1S/C26H29NO2/c28-23-11-19-4-1-2-6-21(19)24(23)27-15-20-5-3-7-22(25(20)29)26-12-16-8-17(13-26)10-18(9-16)14-26/h1-7,15-18,23-24,28-29H,8-14H2/t16?,17?,18?,23-,24+,26?/m1/s1. The van der Waals surface area contributed by atoms with E-state index in [0.29, 0.717) is 12.2 Å². The van der Waals surface area contributed by atoms with Crippen LogP contribution in [-0.4, -0.2) is 22.5 Å². The van der Waals surface area contributed by atoms with E-state index in [1.54, 1.807) is 6.21 Å². The van der Waals surface area contributed by atoms with E-state index in [0.717, 1.165) is 34.4 Å². The van der Waals surface area contributed by atoms with Crippen molar-refractivity contribution in [2.24, 2.45) is 22.7 Å². The molecule has 0 aromatic heterocycles. The van der Waals surface area contributed by atoms with Crippen molar-refractivity contribution in [3.8, 4) is 5.75 Å². The number of fused-ring (bicyclic) bond motifs is 1. The van der Waals surface area contributed by atoms with Gasteiger partial charge in [-0.05, 0) is 78.9 Å². The van der Waals surface area contributed by atoms with Gasteiger partial charge < -0.3 is 10.2 Å². The van der Waals surface area contributed by atoms with Crippen molar-refractivity contribution >= 4 is 6.21 Å². The molecule has 3 heteroatoms. The number of hydrogen-bond acceptors (Lipinski definition) is 3. The van der Waals surface area contributed by atoms with E-state index in [-0.39, 0.29) is 11.5 Å². The van der Waals surface area contributed by atoms with Gasteiger partial charge in [0.2, 0.25) is 0 Å². The van der Waals surface area contributed by atoms with Gasteiger partial charge in [0.15, 0.2) is 0 Å². The van der Waals surface area contributed by atoms with Gasteiger partial charge in [0, 0.05) is 23.8 Å². The number of benzene rings is 2. The predicted octanol–water partition coefficient (Wildman–Crippen LogP) is 4.94. The quantitative estimate of drug-likeness (QED) is 0.733. The van der Waals surface area contributed by atoms with E-state index >= 15 is 0 Å². The largest absolute Gasteiger partial charge is 0.507 e. The summed E-state index contributed by atoms with van der Waals surface area (Å²) in [4.78, 5) is 4.73. The molecule has 4 fully saturated rings. The third kappa shape index (κ3) is 2.78. The van der Waals surface area contributed by atoms with E-state index in [9.17, 15) is 10.2 Å². The fourth-order valence-corrected chi connectivity index (χ4v) is 7.43. The van der Waals surface area contributed by atoms with Crippen molar-refractivity contribution in [2.45, 2.75) is 62.5 Å². The second-order valence-electron chi connectivity index (χ2n) is 10.1. The fourth-order valence-electron chi connectivity index (χ4n) is 7.43. The number of rotatable bonds is 3. The summed E-state index contributed by atoms with van der Waals surface area (Å²) in [7, 11) is 0. The van der Waals surface area contributed by atoms with Gasteiger partial charge in [-0.2, -0.15) is 0 Å². The number of aliphatic hydroxyl groups is 1. The van der Waals surface area contributed by atoms with Gasteiger partial charge in [0.1, 0.15) is 11.8 Å². The predicted molar refractivity (Wildman–Crippen MR) is 114 cm³/mol. The first-order valence-electron chi connectivity index (χ1n) is 11.2. The highest BCUT2D eigenvalue weighted by molar-refractivity contribution is 5.84. The Labute approximate surface area is 172 Å². The highest BCUT2D eigenvalue weighted by Crippen LogP contribution is 2.61. The van der Waals surface area contributed by atoms with Gasteiger partial charge in [-0.25, -0.2) is 0 Å². The summed E-state index contributed by atoms with van der Waals surface area (Å²) in [6, 6.07) is 14.1. The van der Waals surface area contributed by atoms with Crippen LogP contribution in [0.4, 0.5) is 0 Å². The van der Waals surface area contributed by atoms with E-state index in [4.69, 9.17) is 4.99 Å². The molecule has 5 aliphatic rings. The molecule has 7 rings (SSSR count). The number of nitrogens with zero attached hydrogens (tertiary/aromatic N) is 1. The van der Waals surface area contributed by atoms with Crippen molar-refractivity contribution in [3.05, 3.63) is 64.7 Å². The van der Waals surface area contributed by atoms with Crippen LogP contribution in [0.3, 0.4) is 0 Å². The summed E-state index contributed by atoms with van der Waals surface area (Å²) in [5.41, 5.74) is 4.38. The lowest BCUT2D eigenvalue weighted by atomic mass is 9.48. The summed E-state index contributed by atoms with van der Waals surface area (Å²) in [6.45, 7) is 0. The van der Waals surface area contributed by atoms with Crippen LogP contribution >= 0.6 is 0 Å². The molecule has 4 bridgehead atoms. The Morgan fingerprint density at radius 2 is 1.59 bits per heavy atom. The van der Waals surface area contributed by atoms with Crippen molar-refractivity contribution in [1.29, 1.82) is 0 Å². The van der Waals surface area contributed by atoms with Gasteiger partial charge in [-0.1, -0.05) is 36.4 Å². The minimum Gasteiger partial charge on any atom is -0.507 e. The summed E-state index contributed by atoms with van der Waals surface area (Å²) >= 11 is 0. The Morgan fingerprint density at radius 1 is 0.897 bits per heavy atom. The Balaban J connectivity index is 1.33. The monoisotopic (exact) mass is 387 g/mol. The Bertz CT molecular complexity index is 943. The van der Waals surface area contributed by atoms with Gasteiger partial charge in [0.05, 0.1) is 6.10 Å². The molecule has 0 spiro atoms. The Kier molecular flexibility index (Phi) is 3.93. The van der Waals surface area contributed by atoms with Crippen LogP contribution in [-0.2, 0) is 11.8 Å². The van der Waals surface area contributed by atoms with Crippen LogP contribution in [0.25, 0.3) is 0 Å². The molecule has 2 atom stereocenters. The molecule has 5 aliphatic carbocycles.